The zero-order valence-electron chi connectivity index (χ0n) is 9.41. The summed E-state index contributed by atoms with van der Waals surface area (Å²) in [5, 5.41) is 8.11. The largest absolute Gasteiger partial charge is 0.355 e. The molecule has 4 heteroatoms. The molecule has 3 nitrogen and oxygen atoms in total. The molecule has 0 aliphatic heterocycles. The van der Waals surface area contributed by atoms with Crippen LogP contribution in [0.2, 0.25) is 0 Å². The summed E-state index contributed by atoms with van der Waals surface area (Å²) in [4.78, 5) is 12.7. The maximum Gasteiger partial charge on any atom is 0.236 e. The third kappa shape index (κ3) is 3.64. The minimum Gasteiger partial charge on any atom is -0.355 e. The quantitative estimate of drug-likeness (QED) is 0.805. The third-order valence-electron chi connectivity index (χ3n) is 2.21. The van der Waals surface area contributed by atoms with Crippen LogP contribution in [0.4, 0.5) is 0 Å². The van der Waals surface area contributed by atoms with Gasteiger partial charge in [0.2, 0.25) is 5.91 Å². The molecule has 1 aromatic heterocycles. The number of carbonyl (C=O) groups excluding carboxylic acids is 1. The molecule has 0 aliphatic carbocycles. The summed E-state index contributed by atoms with van der Waals surface area (Å²) in [5.41, 5.74) is 0. The SMILES string of the molecule is CCNC(=O)C(C)N[C@H](C)c1cccs1. The van der Waals surface area contributed by atoms with Gasteiger partial charge in [-0.3, -0.25) is 10.1 Å². The summed E-state index contributed by atoms with van der Waals surface area (Å²) in [6.45, 7) is 6.56. The first kappa shape index (κ1) is 12.2. The fourth-order valence-corrected chi connectivity index (χ4v) is 2.14. The molecular formula is C11H18N2OS. The molecule has 0 saturated heterocycles. The number of amides is 1. The summed E-state index contributed by atoms with van der Waals surface area (Å²) in [6, 6.07) is 4.17. The molecule has 1 aromatic rings. The second-order valence-corrected chi connectivity index (χ2v) is 4.50. The number of nitrogens with one attached hydrogen (secondary N) is 2. The fraction of sp³-hybridized carbons (Fsp3) is 0.545. The Kier molecular flexibility index (Phi) is 4.78. The van der Waals surface area contributed by atoms with Crippen LogP contribution in [0.25, 0.3) is 0 Å². The highest BCUT2D eigenvalue weighted by Gasteiger charge is 2.15. The second-order valence-electron chi connectivity index (χ2n) is 3.52. The van der Waals surface area contributed by atoms with E-state index in [-0.39, 0.29) is 18.0 Å². The Morgan fingerprint density at radius 2 is 2.27 bits per heavy atom. The van der Waals surface area contributed by atoms with Crippen LogP contribution in [0.1, 0.15) is 31.7 Å². The van der Waals surface area contributed by atoms with Crippen LogP contribution in [0.3, 0.4) is 0 Å². The van der Waals surface area contributed by atoms with Gasteiger partial charge >= 0.3 is 0 Å². The van der Waals surface area contributed by atoms with Gasteiger partial charge in [0.1, 0.15) is 0 Å². The van der Waals surface area contributed by atoms with Gasteiger partial charge in [0.05, 0.1) is 6.04 Å². The first-order valence-electron chi connectivity index (χ1n) is 5.22. The van der Waals surface area contributed by atoms with Gasteiger partial charge in [-0.1, -0.05) is 6.07 Å². The fourth-order valence-electron chi connectivity index (χ4n) is 1.40. The van der Waals surface area contributed by atoms with E-state index in [0.29, 0.717) is 6.54 Å². The van der Waals surface area contributed by atoms with Crippen molar-refractivity contribution in [2.45, 2.75) is 32.9 Å². The Labute approximate surface area is 94.9 Å². The Bertz CT molecular complexity index is 298. The van der Waals surface area contributed by atoms with Crippen molar-refractivity contribution in [3.63, 3.8) is 0 Å². The van der Waals surface area contributed by atoms with E-state index in [4.69, 9.17) is 0 Å². The van der Waals surface area contributed by atoms with E-state index in [0.717, 1.165) is 0 Å². The lowest BCUT2D eigenvalue weighted by Crippen LogP contribution is -2.42. The van der Waals surface area contributed by atoms with Crippen LogP contribution in [-0.4, -0.2) is 18.5 Å². The predicted molar refractivity (Wildman–Crippen MR) is 64.0 cm³/mol. The maximum atomic E-state index is 11.5. The molecule has 1 heterocycles. The molecule has 0 bridgehead atoms. The number of thiophene rings is 1. The standard InChI is InChI=1S/C11H18N2OS/c1-4-12-11(14)9(3)13-8(2)10-6-5-7-15-10/h5-9,13H,4H2,1-3H3,(H,12,14)/t8-,9?/m1/s1. The molecule has 1 unspecified atom stereocenters. The molecule has 0 saturated carbocycles. The van der Waals surface area contributed by atoms with Crippen molar-refractivity contribution in [1.82, 2.24) is 10.6 Å². The Morgan fingerprint density at radius 3 is 2.80 bits per heavy atom. The van der Waals surface area contributed by atoms with Crippen molar-refractivity contribution in [2.75, 3.05) is 6.54 Å². The Morgan fingerprint density at radius 1 is 1.53 bits per heavy atom. The van der Waals surface area contributed by atoms with E-state index in [2.05, 4.69) is 23.6 Å². The molecule has 84 valence electrons. The summed E-state index contributed by atoms with van der Waals surface area (Å²) in [6.07, 6.45) is 0. The second kappa shape index (κ2) is 5.88. The van der Waals surface area contributed by atoms with Gasteiger partial charge in [-0.05, 0) is 32.2 Å². The molecule has 15 heavy (non-hydrogen) atoms. The van der Waals surface area contributed by atoms with Crippen molar-refractivity contribution >= 4 is 17.2 Å². The number of hydrogen-bond acceptors (Lipinski definition) is 3. The van der Waals surface area contributed by atoms with Crippen molar-refractivity contribution in [3.05, 3.63) is 22.4 Å². The molecule has 0 aliphatic rings. The highest BCUT2D eigenvalue weighted by molar-refractivity contribution is 7.10. The summed E-state index contributed by atoms with van der Waals surface area (Å²) in [7, 11) is 0. The van der Waals surface area contributed by atoms with Crippen LogP contribution >= 0.6 is 11.3 Å². The monoisotopic (exact) mass is 226 g/mol. The van der Waals surface area contributed by atoms with E-state index in [1.165, 1.54) is 4.88 Å². The molecule has 2 N–H and O–H groups in total. The highest BCUT2D eigenvalue weighted by atomic mass is 32.1. The molecule has 0 fully saturated rings. The van der Waals surface area contributed by atoms with Gasteiger partial charge in [0, 0.05) is 17.5 Å². The first-order valence-corrected chi connectivity index (χ1v) is 6.10. The summed E-state index contributed by atoms with van der Waals surface area (Å²) < 4.78 is 0. The highest BCUT2D eigenvalue weighted by Crippen LogP contribution is 2.18. The van der Waals surface area contributed by atoms with E-state index < -0.39 is 0 Å². The molecule has 0 radical (unpaired) electrons. The van der Waals surface area contributed by atoms with Crippen molar-refractivity contribution in [3.8, 4) is 0 Å². The Hall–Kier alpha value is -0.870. The zero-order valence-corrected chi connectivity index (χ0v) is 10.2. The minimum absolute atomic E-state index is 0.0564. The number of hydrogen-bond donors (Lipinski definition) is 2. The average Bonchev–Trinajstić information content (AvgIpc) is 2.70. The van der Waals surface area contributed by atoms with Gasteiger partial charge < -0.3 is 5.32 Å². The van der Waals surface area contributed by atoms with Crippen molar-refractivity contribution in [1.29, 1.82) is 0 Å². The molecule has 1 rings (SSSR count). The average molecular weight is 226 g/mol. The van der Waals surface area contributed by atoms with E-state index in [9.17, 15) is 4.79 Å². The van der Waals surface area contributed by atoms with Crippen LogP contribution in [0.15, 0.2) is 17.5 Å². The normalized spacial score (nSPS) is 14.6. The molecule has 1 amide bonds. The topological polar surface area (TPSA) is 41.1 Å². The lowest BCUT2D eigenvalue weighted by atomic mass is 10.2. The number of carbonyl (C=O) groups is 1. The van der Waals surface area contributed by atoms with Gasteiger partial charge in [0.15, 0.2) is 0 Å². The van der Waals surface area contributed by atoms with Crippen molar-refractivity contribution < 1.29 is 4.79 Å². The van der Waals surface area contributed by atoms with Gasteiger partial charge in [-0.2, -0.15) is 0 Å². The summed E-state index contributed by atoms with van der Waals surface area (Å²) in [5.74, 6) is 0.0564. The lowest BCUT2D eigenvalue weighted by molar-refractivity contribution is -0.122. The minimum atomic E-state index is -0.151. The van der Waals surface area contributed by atoms with Crippen LogP contribution < -0.4 is 10.6 Å². The Balaban J connectivity index is 2.44. The number of rotatable bonds is 5. The first-order chi connectivity index (χ1) is 7.15. The third-order valence-corrected chi connectivity index (χ3v) is 3.27. The van der Waals surface area contributed by atoms with Gasteiger partial charge in [-0.15, -0.1) is 11.3 Å². The van der Waals surface area contributed by atoms with Crippen LogP contribution in [0.5, 0.6) is 0 Å². The van der Waals surface area contributed by atoms with Crippen LogP contribution in [0, 0.1) is 0 Å². The van der Waals surface area contributed by atoms with Gasteiger partial charge in [-0.25, -0.2) is 0 Å². The van der Waals surface area contributed by atoms with E-state index >= 15 is 0 Å². The summed E-state index contributed by atoms with van der Waals surface area (Å²) >= 11 is 1.70. The molecule has 0 spiro atoms. The van der Waals surface area contributed by atoms with Crippen molar-refractivity contribution in [2.24, 2.45) is 0 Å². The van der Waals surface area contributed by atoms with Gasteiger partial charge in [0.25, 0.3) is 0 Å². The lowest BCUT2D eigenvalue weighted by Gasteiger charge is -2.18. The van der Waals surface area contributed by atoms with Crippen LogP contribution in [-0.2, 0) is 4.79 Å². The van der Waals surface area contributed by atoms with E-state index in [1.54, 1.807) is 11.3 Å². The molecule has 2 atom stereocenters. The van der Waals surface area contributed by atoms with E-state index in [1.807, 2.05) is 25.3 Å². The predicted octanol–water partition coefficient (Wildman–Crippen LogP) is 1.92. The zero-order chi connectivity index (χ0) is 11.3. The maximum absolute atomic E-state index is 11.5. The smallest absolute Gasteiger partial charge is 0.236 e. The molecular weight excluding hydrogens is 208 g/mol. The molecule has 0 aromatic carbocycles. The number of likely N-dealkylation sites (N-methyl/N-ethyl adjacent to an activating group) is 1.